The molecular weight excluding hydrogens is 232 g/mol. The number of nitrogens with zero attached hydrogens (tertiary/aromatic N) is 1. The second-order valence-corrected chi connectivity index (χ2v) is 3.91. The van der Waals surface area contributed by atoms with E-state index in [0.29, 0.717) is 33.0 Å². The van der Waals surface area contributed by atoms with E-state index >= 15 is 0 Å². The molecule has 0 saturated heterocycles. The van der Waals surface area contributed by atoms with Crippen LogP contribution in [0.4, 0.5) is 0 Å². The highest BCUT2D eigenvalue weighted by atomic mass is 16.5. The van der Waals surface area contributed by atoms with Gasteiger partial charge in [0.15, 0.2) is 0 Å². The lowest BCUT2D eigenvalue weighted by Gasteiger charge is -2.12. The maximum absolute atomic E-state index is 9.64. The first-order valence-corrected chi connectivity index (χ1v) is 6.26. The average molecular weight is 254 g/mol. The van der Waals surface area contributed by atoms with Gasteiger partial charge in [-0.15, -0.1) is 0 Å². The van der Waals surface area contributed by atoms with Crippen molar-refractivity contribution in [3.05, 3.63) is 30.1 Å². The quantitative estimate of drug-likeness (QED) is 0.598. The first-order valence-electron chi connectivity index (χ1n) is 6.26. The molecule has 1 unspecified atom stereocenters. The lowest BCUT2D eigenvalue weighted by atomic mass is 10.2. The number of hydrogen-bond acceptors (Lipinski definition) is 5. The van der Waals surface area contributed by atoms with E-state index in [-0.39, 0.29) is 0 Å². The molecule has 5 heteroatoms. The maximum Gasteiger partial charge on any atom is 0.0897 e. The van der Waals surface area contributed by atoms with Crippen LogP contribution >= 0.6 is 0 Å². The second kappa shape index (κ2) is 9.96. The van der Waals surface area contributed by atoms with Gasteiger partial charge in [-0.05, 0) is 24.6 Å². The van der Waals surface area contributed by atoms with Gasteiger partial charge in [-0.2, -0.15) is 0 Å². The van der Waals surface area contributed by atoms with Crippen molar-refractivity contribution < 1.29 is 14.6 Å². The van der Waals surface area contributed by atoms with Crippen molar-refractivity contribution in [3.63, 3.8) is 0 Å². The Labute approximate surface area is 108 Å². The van der Waals surface area contributed by atoms with E-state index in [4.69, 9.17) is 9.47 Å². The van der Waals surface area contributed by atoms with Crippen molar-refractivity contribution in [2.45, 2.75) is 19.6 Å². The van der Waals surface area contributed by atoms with Crippen LogP contribution in [0.3, 0.4) is 0 Å². The molecule has 0 aliphatic heterocycles. The van der Waals surface area contributed by atoms with Gasteiger partial charge < -0.3 is 19.9 Å². The van der Waals surface area contributed by atoms with Crippen LogP contribution in [0.2, 0.25) is 0 Å². The van der Waals surface area contributed by atoms with Gasteiger partial charge in [0.05, 0.1) is 25.9 Å². The molecule has 0 radical (unpaired) electrons. The van der Waals surface area contributed by atoms with Crippen LogP contribution in [0.15, 0.2) is 24.5 Å². The van der Waals surface area contributed by atoms with E-state index in [2.05, 4.69) is 10.3 Å². The molecule has 0 fully saturated rings. The lowest BCUT2D eigenvalue weighted by molar-refractivity contribution is 0.00642. The summed E-state index contributed by atoms with van der Waals surface area (Å²) < 4.78 is 10.4. The third-order valence-corrected chi connectivity index (χ3v) is 2.34. The Balaban J connectivity index is 1.98. The normalized spacial score (nSPS) is 12.6. The van der Waals surface area contributed by atoms with Gasteiger partial charge in [0.25, 0.3) is 0 Å². The van der Waals surface area contributed by atoms with E-state index in [0.717, 1.165) is 12.1 Å². The fourth-order valence-electron chi connectivity index (χ4n) is 1.42. The average Bonchev–Trinajstić information content (AvgIpc) is 2.40. The molecular formula is C13H22N2O3. The van der Waals surface area contributed by atoms with Crippen LogP contribution in [-0.4, -0.2) is 49.2 Å². The SMILES string of the molecule is CCOCCOCC(O)CNCc1ccncc1. The van der Waals surface area contributed by atoms with E-state index in [1.165, 1.54) is 0 Å². The number of pyridine rings is 1. The standard InChI is InChI=1S/C13H22N2O3/c1-2-17-7-8-18-11-13(16)10-15-9-12-3-5-14-6-4-12/h3-6,13,15-16H,2,7-11H2,1H3. The molecule has 0 amide bonds. The molecule has 2 N–H and O–H groups in total. The van der Waals surface area contributed by atoms with E-state index in [9.17, 15) is 5.11 Å². The Bertz CT molecular complexity index is 296. The van der Waals surface area contributed by atoms with Gasteiger partial charge in [0, 0.05) is 32.1 Å². The fraction of sp³-hybridized carbons (Fsp3) is 0.615. The minimum Gasteiger partial charge on any atom is -0.389 e. The number of aliphatic hydroxyl groups excluding tert-OH is 1. The van der Waals surface area contributed by atoms with Gasteiger partial charge in [0.1, 0.15) is 0 Å². The molecule has 1 aromatic heterocycles. The number of aliphatic hydroxyl groups is 1. The summed E-state index contributed by atoms with van der Waals surface area (Å²) in [5.74, 6) is 0. The first-order chi connectivity index (χ1) is 8.83. The summed E-state index contributed by atoms with van der Waals surface area (Å²) in [4.78, 5) is 3.94. The topological polar surface area (TPSA) is 63.6 Å². The molecule has 0 aromatic carbocycles. The fourth-order valence-corrected chi connectivity index (χ4v) is 1.42. The van der Waals surface area contributed by atoms with Gasteiger partial charge in [0.2, 0.25) is 0 Å². The highest BCUT2D eigenvalue weighted by Gasteiger charge is 2.03. The predicted molar refractivity (Wildman–Crippen MR) is 69.3 cm³/mol. The smallest absolute Gasteiger partial charge is 0.0897 e. The van der Waals surface area contributed by atoms with Crippen molar-refractivity contribution in [1.82, 2.24) is 10.3 Å². The molecule has 0 bridgehead atoms. The largest absolute Gasteiger partial charge is 0.389 e. The van der Waals surface area contributed by atoms with Crippen molar-refractivity contribution in [1.29, 1.82) is 0 Å². The highest BCUT2D eigenvalue weighted by Crippen LogP contribution is 1.95. The number of rotatable bonds is 10. The Kier molecular flexibility index (Phi) is 8.33. The maximum atomic E-state index is 9.64. The monoisotopic (exact) mass is 254 g/mol. The zero-order chi connectivity index (χ0) is 13.1. The minimum atomic E-state index is -0.492. The van der Waals surface area contributed by atoms with Crippen molar-refractivity contribution in [3.8, 4) is 0 Å². The molecule has 0 aliphatic carbocycles. The molecule has 1 heterocycles. The lowest BCUT2D eigenvalue weighted by Crippen LogP contribution is -2.30. The van der Waals surface area contributed by atoms with E-state index in [1.54, 1.807) is 12.4 Å². The summed E-state index contributed by atoms with van der Waals surface area (Å²) in [6.07, 6.45) is 3.02. The van der Waals surface area contributed by atoms with Crippen LogP contribution in [0.5, 0.6) is 0 Å². The number of aromatic nitrogens is 1. The summed E-state index contributed by atoms with van der Waals surface area (Å²) in [5, 5.41) is 12.8. The van der Waals surface area contributed by atoms with Crippen LogP contribution in [0.1, 0.15) is 12.5 Å². The summed E-state index contributed by atoms with van der Waals surface area (Å²) in [6.45, 7) is 5.30. The zero-order valence-corrected chi connectivity index (χ0v) is 10.8. The number of nitrogens with one attached hydrogen (secondary N) is 1. The Morgan fingerprint density at radius 1 is 1.28 bits per heavy atom. The summed E-state index contributed by atoms with van der Waals surface area (Å²) in [6, 6.07) is 3.88. The van der Waals surface area contributed by atoms with E-state index in [1.807, 2.05) is 19.1 Å². The second-order valence-electron chi connectivity index (χ2n) is 3.91. The van der Waals surface area contributed by atoms with Crippen LogP contribution in [0, 0.1) is 0 Å². The first kappa shape index (κ1) is 15.0. The third-order valence-electron chi connectivity index (χ3n) is 2.34. The number of ether oxygens (including phenoxy) is 2. The number of hydrogen-bond donors (Lipinski definition) is 2. The summed E-state index contributed by atoms with van der Waals surface area (Å²) in [7, 11) is 0. The van der Waals surface area contributed by atoms with Crippen LogP contribution in [0.25, 0.3) is 0 Å². The Morgan fingerprint density at radius 3 is 2.72 bits per heavy atom. The van der Waals surface area contributed by atoms with Crippen LogP contribution in [-0.2, 0) is 16.0 Å². The predicted octanol–water partition coefficient (Wildman–Crippen LogP) is 0.585. The highest BCUT2D eigenvalue weighted by molar-refractivity contribution is 5.08. The summed E-state index contributed by atoms with van der Waals surface area (Å²) in [5.41, 5.74) is 1.15. The third kappa shape index (κ3) is 7.34. The molecule has 0 saturated carbocycles. The van der Waals surface area contributed by atoms with Crippen molar-refractivity contribution in [2.24, 2.45) is 0 Å². The van der Waals surface area contributed by atoms with Gasteiger partial charge in [-0.25, -0.2) is 0 Å². The van der Waals surface area contributed by atoms with E-state index < -0.39 is 6.10 Å². The van der Waals surface area contributed by atoms with Gasteiger partial charge >= 0.3 is 0 Å². The molecule has 1 atom stereocenters. The molecule has 1 rings (SSSR count). The minimum absolute atomic E-state index is 0.330. The molecule has 0 aliphatic rings. The molecule has 18 heavy (non-hydrogen) atoms. The van der Waals surface area contributed by atoms with Crippen molar-refractivity contribution in [2.75, 3.05) is 33.0 Å². The van der Waals surface area contributed by atoms with Gasteiger partial charge in [-0.1, -0.05) is 0 Å². The summed E-state index contributed by atoms with van der Waals surface area (Å²) >= 11 is 0. The van der Waals surface area contributed by atoms with Gasteiger partial charge in [-0.3, -0.25) is 4.98 Å². The molecule has 1 aromatic rings. The molecule has 102 valence electrons. The van der Waals surface area contributed by atoms with Crippen molar-refractivity contribution >= 4 is 0 Å². The Morgan fingerprint density at radius 2 is 2.00 bits per heavy atom. The Hall–Kier alpha value is -1.01. The zero-order valence-electron chi connectivity index (χ0n) is 10.8. The molecule has 0 spiro atoms. The molecule has 5 nitrogen and oxygen atoms in total. The van der Waals surface area contributed by atoms with Crippen LogP contribution < -0.4 is 5.32 Å².